The lowest BCUT2D eigenvalue weighted by Crippen LogP contribution is -2.48. The van der Waals surface area contributed by atoms with Gasteiger partial charge in [0.05, 0.1) is 24.8 Å². The molecular formula is C28H27N3O4. The SMILES string of the molecule is COc1ccccc1[C@@H]1NN(C(=O)c2ccc(C)cc2)[C@H]2C(=O)N(c3ccc(C)c(C)c3)C(=O)[C@H]12. The van der Waals surface area contributed by atoms with Crippen molar-refractivity contribution in [3.63, 3.8) is 0 Å². The molecule has 0 aliphatic carbocycles. The first-order valence-corrected chi connectivity index (χ1v) is 11.6. The number of rotatable bonds is 4. The van der Waals surface area contributed by atoms with Crippen LogP contribution < -0.4 is 15.1 Å². The first-order valence-electron chi connectivity index (χ1n) is 11.6. The lowest BCUT2D eigenvalue weighted by atomic mass is 9.90. The summed E-state index contributed by atoms with van der Waals surface area (Å²) in [6.45, 7) is 5.86. The number of fused-ring (bicyclic) bond motifs is 1. The van der Waals surface area contributed by atoms with Gasteiger partial charge in [-0.2, -0.15) is 0 Å². The zero-order valence-corrected chi connectivity index (χ0v) is 20.1. The van der Waals surface area contributed by atoms with Crippen LogP contribution in [0.5, 0.6) is 5.75 Å². The van der Waals surface area contributed by atoms with E-state index in [1.54, 1.807) is 31.4 Å². The number of nitrogens with one attached hydrogen (secondary N) is 1. The molecular weight excluding hydrogens is 442 g/mol. The summed E-state index contributed by atoms with van der Waals surface area (Å²) in [5.41, 5.74) is 7.92. The van der Waals surface area contributed by atoms with Crippen LogP contribution in [0.1, 0.15) is 38.7 Å². The van der Waals surface area contributed by atoms with E-state index in [2.05, 4.69) is 5.43 Å². The van der Waals surface area contributed by atoms with Gasteiger partial charge in [0.25, 0.3) is 11.8 Å². The molecule has 7 nitrogen and oxygen atoms in total. The molecule has 0 bridgehead atoms. The number of hydrazine groups is 1. The van der Waals surface area contributed by atoms with Crippen LogP contribution in [0.4, 0.5) is 5.69 Å². The number of hydrogen-bond acceptors (Lipinski definition) is 5. The van der Waals surface area contributed by atoms with Crippen LogP contribution >= 0.6 is 0 Å². The Morgan fingerprint density at radius 1 is 0.886 bits per heavy atom. The third-order valence-electron chi connectivity index (χ3n) is 6.97. The normalized spacial score (nSPS) is 21.4. The number of benzene rings is 3. The van der Waals surface area contributed by atoms with E-state index in [1.807, 2.05) is 63.2 Å². The van der Waals surface area contributed by atoms with Crippen LogP contribution in [0.2, 0.25) is 0 Å². The molecule has 3 atom stereocenters. The second-order valence-electron chi connectivity index (χ2n) is 9.14. The number of imide groups is 1. The van der Waals surface area contributed by atoms with Gasteiger partial charge in [0.1, 0.15) is 11.8 Å². The van der Waals surface area contributed by atoms with Gasteiger partial charge in [0.15, 0.2) is 0 Å². The number of hydrogen-bond donors (Lipinski definition) is 1. The molecule has 2 aliphatic rings. The number of methoxy groups -OCH3 is 1. The Hall–Kier alpha value is -3.97. The lowest BCUT2D eigenvalue weighted by molar-refractivity contribution is -0.123. The van der Waals surface area contributed by atoms with Gasteiger partial charge in [-0.3, -0.25) is 19.4 Å². The molecule has 178 valence electrons. The molecule has 35 heavy (non-hydrogen) atoms. The monoisotopic (exact) mass is 469 g/mol. The largest absolute Gasteiger partial charge is 0.496 e. The summed E-state index contributed by atoms with van der Waals surface area (Å²) in [7, 11) is 1.56. The van der Waals surface area contributed by atoms with E-state index < -0.39 is 23.9 Å². The van der Waals surface area contributed by atoms with Crippen molar-refractivity contribution in [2.45, 2.75) is 32.9 Å². The Morgan fingerprint density at radius 3 is 2.29 bits per heavy atom. The van der Waals surface area contributed by atoms with E-state index in [4.69, 9.17) is 4.74 Å². The second kappa shape index (κ2) is 8.67. The number of carbonyl (C=O) groups excluding carboxylic acids is 3. The smallest absolute Gasteiger partial charge is 0.268 e. The van der Waals surface area contributed by atoms with E-state index in [-0.39, 0.29) is 11.8 Å². The maximum Gasteiger partial charge on any atom is 0.268 e. The van der Waals surface area contributed by atoms with Crippen molar-refractivity contribution in [3.05, 3.63) is 94.5 Å². The van der Waals surface area contributed by atoms with Gasteiger partial charge in [-0.15, -0.1) is 0 Å². The molecule has 2 saturated heterocycles. The molecule has 0 unspecified atom stereocenters. The molecule has 0 spiro atoms. The summed E-state index contributed by atoms with van der Waals surface area (Å²) in [6, 6.07) is 18.4. The molecule has 7 heteroatoms. The van der Waals surface area contributed by atoms with Crippen LogP contribution in [0, 0.1) is 26.7 Å². The number of ether oxygens (including phenoxy) is 1. The highest BCUT2D eigenvalue weighted by molar-refractivity contribution is 6.25. The number of amides is 3. The van der Waals surface area contributed by atoms with Gasteiger partial charge in [-0.05, 0) is 62.2 Å². The fourth-order valence-electron chi connectivity index (χ4n) is 4.91. The van der Waals surface area contributed by atoms with Crippen LogP contribution in [0.25, 0.3) is 0 Å². The fourth-order valence-corrected chi connectivity index (χ4v) is 4.91. The molecule has 0 radical (unpaired) electrons. The van der Waals surface area contributed by atoms with E-state index in [1.165, 1.54) is 9.91 Å². The van der Waals surface area contributed by atoms with E-state index >= 15 is 0 Å². The quantitative estimate of drug-likeness (QED) is 0.587. The molecule has 3 aromatic rings. The standard InChI is InChI=1S/C28H27N3O4/c1-16-9-12-19(13-10-16)26(32)31-25-23(24(29-31)21-7-5-6-8-22(21)35-4)27(33)30(28(25)34)20-14-11-17(2)18(3)15-20/h5-15,23-25,29H,1-4H3/t23-,24+,25-/m1/s1. The maximum absolute atomic E-state index is 13.8. The summed E-state index contributed by atoms with van der Waals surface area (Å²) < 4.78 is 5.55. The second-order valence-corrected chi connectivity index (χ2v) is 9.14. The Balaban J connectivity index is 1.61. The first-order chi connectivity index (χ1) is 16.8. The fraction of sp³-hybridized carbons (Fsp3) is 0.250. The van der Waals surface area contributed by atoms with Crippen molar-refractivity contribution in [1.29, 1.82) is 0 Å². The highest BCUT2D eigenvalue weighted by atomic mass is 16.5. The van der Waals surface area contributed by atoms with Gasteiger partial charge in [-0.25, -0.2) is 10.3 Å². The summed E-state index contributed by atoms with van der Waals surface area (Å²) in [5.74, 6) is -1.34. The molecule has 2 aliphatic heterocycles. The van der Waals surface area contributed by atoms with Gasteiger partial charge in [0.2, 0.25) is 5.91 Å². The predicted octanol–water partition coefficient (Wildman–Crippen LogP) is 3.88. The van der Waals surface area contributed by atoms with Crippen molar-refractivity contribution in [2.75, 3.05) is 12.0 Å². The predicted molar refractivity (Wildman–Crippen MR) is 132 cm³/mol. The number of nitrogens with zero attached hydrogens (tertiary/aromatic N) is 2. The molecule has 3 aromatic carbocycles. The van der Waals surface area contributed by atoms with Crippen LogP contribution in [-0.4, -0.2) is 35.9 Å². The summed E-state index contributed by atoms with van der Waals surface area (Å²) >= 11 is 0. The Kier molecular flexibility index (Phi) is 5.65. The van der Waals surface area contributed by atoms with Crippen molar-refractivity contribution < 1.29 is 19.1 Å². The van der Waals surface area contributed by atoms with Crippen LogP contribution in [0.15, 0.2) is 66.7 Å². The van der Waals surface area contributed by atoms with Crippen molar-refractivity contribution in [3.8, 4) is 5.75 Å². The zero-order chi connectivity index (χ0) is 24.9. The van der Waals surface area contributed by atoms with Crippen LogP contribution in [0.3, 0.4) is 0 Å². The zero-order valence-electron chi connectivity index (χ0n) is 20.1. The molecule has 1 N–H and O–H groups in total. The number of carbonyl (C=O) groups is 3. The molecule has 0 aromatic heterocycles. The minimum Gasteiger partial charge on any atom is -0.496 e. The van der Waals surface area contributed by atoms with Crippen molar-refractivity contribution >= 4 is 23.4 Å². The highest BCUT2D eigenvalue weighted by Crippen LogP contribution is 2.44. The third kappa shape index (κ3) is 3.68. The minimum absolute atomic E-state index is 0.342. The molecule has 2 heterocycles. The molecule has 3 amide bonds. The first kappa shape index (κ1) is 22.8. The lowest BCUT2D eigenvalue weighted by Gasteiger charge is -2.26. The molecule has 0 saturated carbocycles. The van der Waals surface area contributed by atoms with Gasteiger partial charge in [0, 0.05) is 11.1 Å². The van der Waals surface area contributed by atoms with Gasteiger partial charge >= 0.3 is 0 Å². The molecule has 2 fully saturated rings. The summed E-state index contributed by atoms with van der Waals surface area (Å²) in [6.07, 6.45) is 0. The maximum atomic E-state index is 13.8. The highest BCUT2D eigenvalue weighted by Gasteiger charge is 2.60. The average molecular weight is 470 g/mol. The Morgan fingerprint density at radius 2 is 1.60 bits per heavy atom. The van der Waals surface area contributed by atoms with Crippen molar-refractivity contribution in [1.82, 2.24) is 10.4 Å². The number of anilines is 1. The minimum atomic E-state index is -0.979. The van der Waals surface area contributed by atoms with Gasteiger partial charge < -0.3 is 4.74 Å². The molecule has 5 rings (SSSR count). The van der Waals surface area contributed by atoms with E-state index in [0.29, 0.717) is 22.6 Å². The van der Waals surface area contributed by atoms with Gasteiger partial charge in [-0.1, -0.05) is 42.0 Å². The van der Waals surface area contributed by atoms with Crippen LogP contribution in [-0.2, 0) is 9.59 Å². The van der Waals surface area contributed by atoms with E-state index in [9.17, 15) is 14.4 Å². The Labute approximate surface area is 204 Å². The Bertz CT molecular complexity index is 1330. The average Bonchev–Trinajstić information content (AvgIpc) is 3.37. The summed E-state index contributed by atoms with van der Waals surface area (Å²) in [5, 5.41) is 1.33. The van der Waals surface area contributed by atoms with Crippen molar-refractivity contribution in [2.24, 2.45) is 5.92 Å². The van der Waals surface area contributed by atoms with E-state index in [0.717, 1.165) is 16.7 Å². The third-order valence-corrected chi connectivity index (χ3v) is 6.97. The number of para-hydroxylation sites is 1. The summed E-state index contributed by atoms with van der Waals surface area (Å²) in [4.78, 5) is 42.4. The topological polar surface area (TPSA) is 79.0 Å². The number of aryl methyl sites for hydroxylation is 3.